The van der Waals surface area contributed by atoms with E-state index in [-0.39, 0.29) is 17.9 Å². The molecule has 1 atom stereocenters. The minimum Gasteiger partial charge on any atom is -0.348 e. The van der Waals surface area contributed by atoms with Crippen molar-refractivity contribution in [2.75, 3.05) is 26.2 Å². The molecule has 5 nitrogen and oxygen atoms in total. The topological polar surface area (TPSA) is 52.7 Å². The van der Waals surface area contributed by atoms with Gasteiger partial charge in [-0.3, -0.25) is 14.5 Å². The van der Waals surface area contributed by atoms with Crippen LogP contribution in [0.4, 0.5) is 0 Å². The Morgan fingerprint density at radius 3 is 2.59 bits per heavy atom. The first-order valence-electron chi connectivity index (χ1n) is 9.46. The van der Waals surface area contributed by atoms with Gasteiger partial charge in [0.25, 0.3) is 0 Å². The third-order valence-electron chi connectivity index (χ3n) is 4.83. The number of hydrogen-bond acceptors (Lipinski definition) is 4. The summed E-state index contributed by atoms with van der Waals surface area (Å²) in [6.45, 7) is 5.82. The van der Waals surface area contributed by atoms with Crippen molar-refractivity contribution in [2.24, 2.45) is 0 Å². The maximum absolute atomic E-state index is 12.9. The SMILES string of the molecule is CC(=O)N[C@H](CC(=O)N1CCCN(Cc2ccccc2)CC1)c1cccs1. The van der Waals surface area contributed by atoms with Gasteiger partial charge in [-0.2, -0.15) is 0 Å². The van der Waals surface area contributed by atoms with E-state index >= 15 is 0 Å². The highest BCUT2D eigenvalue weighted by molar-refractivity contribution is 7.10. The Bertz CT molecular complexity index is 733. The Labute approximate surface area is 165 Å². The Morgan fingerprint density at radius 1 is 1.07 bits per heavy atom. The van der Waals surface area contributed by atoms with Crippen molar-refractivity contribution in [3.05, 3.63) is 58.3 Å². The van der Waals surface area contributed by atoms with Gasteiger partial charge in [0, 0.05) is 44.5 Å². The summed E-state index contributed by atoms with van der Waals surface area (Å²) in [4.78, 5) is 29.8. The molecule has 0 aliphatic carbocycles. The van der Waals surface area contributed by atoms with Crippen LogP contribution in [0.3, 0.4) is 0 Å². The molecule has 1 aliphatic heterocycles. The standard InChI is InChI=1S/C21H27N3O2S/c1-17(25)22-19(20-9-5-14-27-20)15-21(26)24-11-6-10-23(12-13-24)16-18-7-3-2-4-8-18/h2-5,7-9,14,19H,6,10-13,15-16H2,1H3,(H,22,25)/t19-/m1/s1. The van der Waals surface area contributed by atoms with Gasteiger partial charge in [0.05, 0.1) is 12.5 Å². The van der Waals surface area contributed by atoms with Gasteiger partial charge in [-0.25, -0.2) is 0 Å². The van der Waals surface area contributed by atoms with Crippen molar-refractivity contribution >= 4 is 23.2 Å². The summed E-state index contributed by atoms with van der Waals surface area (Å²) in [5.74, 6) is 0.00909. The van der Waals surface area contributed by atoms with Crippen molar-refractivity contribution in [2.45, 2.75) is 32.4 Å². The van der Waals surface area contributed by atoms with Crippen LogP contribution in [0.25, 0.3) is 0 Å². The Morgan fingerprint density at radius 2 is 1.89 bits per heavy atom. The first kappa shape index (κ1) is 19.6. The van der Waals surface area contributed by atoms with Crippen LogP contribution in [0.1, 0.15) is 36.2 Å². The molecule has 0 spiro atoms. The second-order valence-corrected chi connectivity index (χ2v) is 7.95. The fourth-order valence-corrected chi connectivity index (χ4v) is 4.26. The van der Waals surface area contributed by atoms with E-state index in [4.69, 9.17) is 0 Å². The maximum Gasteiger partial charge on any atom is 0.225 e. The van der Waals surface area contributed by atoms with E-state index in [0.717, 1.165) is 44.0 Å². The molecule has 0 radical (unpaired) electrons. The van der Waals surface area contributed by atoms with Crippen molar-refractivity contribution in [1.29, 1.82) is 0 Å². The van der Waals surface area contributed by atoms with Gasteiger partial charge >= 0.3 is 0 Å². The lowest BCUT2D eigenvalue weighted by atomic mass is 10.1. The molecular weight excluding hydrogens is 358 g/mol. The predicted octanol–water partition coefficient (Wildman–Crippen LogP) is 3.05. The maximum atomic E-state index is 12.9. The van der Waals surface area contributed by atoms with Crippen molar-refractivity contribution in [3.8, 4) is 0 Å². The van der Waals surface area contributed by atoms with Crippen LogP contribution in [-0.4, -0.2) is 47.8 Å². The molecule has 1 fully saturated rings. The third-order valence-corrected chi connectivity index (χ3v) is 5.82. The first-order valence-corrected chi connectivity index (χ1v) is 10.3. The number of thiophene rings is 1. The number of carbonyl (C=O) groups is 2. The number of benzene rings is 1. The second kappa shape index (κ2) is 9.67. The van der Waals surface area contributed by atoms with Crippen LogP contribution in [0.5, 0.6) is 0 Å². The first-order chi connectivity index (χ1) is 13.1. The van der Waals surface area contributed by atoms with Crippen LogP contribution in [0.15, 0.2) is 47.8 Å². The number of carbonyl (C=O) groups excluding carboxylic acids is 2. The molecule has 2 amide bonds. The molecular formula is C21H27N3O2S. The Kier molecular flexibility index (Phi) is 7.01. The molecule has 0 saturated carbocycles. The van der Waals surface area contributed by atoms with Crippen molar-refractivity contribution < 1.29 is 9.59 Å². The average Bonchev–Trinajstić information content (AvgIpc) is 3.09. The molecule has 1 aromatic carbocycles. The van der Waals surface area contributed by atoms with E-state index in [1.165, 1.54) is 12.5 Å². The lowest BCUT2D eigenvalue weighted by molar-refractivity contribution is -0.131. The zero-order valence-corrected chi connectivity index (χ0v) is 16.6. The molecule has 3 rings (SSSR count). The minimum atomic E-state index is -0.237. The number of nitrogens with zero attached hydrogens (tertiary/aromatic N) is 2. The highest BCUT2D eigenvalue weighted by Crippen LogP contribution is 2.23. The summed E-state index contributed by atoms with van der Waals surface area (Å²) >= 11 is 1.57. The zero-order chi connectivity index (χ0) is 19.1. The van der Waals surface area contributed by atoms with Gasteiger partial charge in [0.1, 0.15) is 0 Å². The van der Waals surface area contributed by atoms with E-state index in [9.17, 15) is 9.59 Å². The number of hydrogen-bond donors (Lipinski definition) is 1. The van der Waals surface area contributed by atoms with Gasteiger partial charge in [0.2, 0.25) is 11.8 Å². The highest BCUT2D eigenvalue weighted by atomic mass is 32.1. The third kappa shape index (κ3) is 5.91. The largest absolute Gasteiger partial charge is 0.348 e. The normalized spacial score (nSPS) is 16.6. The molecule has 2 aromatic rings. The summed E-state index contributed by atoms with van der Waals surface area (Å²) in [5.41, 5.74) is 1.31. The fraction of sp³-hybridized carbons (Fsp3) is 0.429. The van der Waals surface area contributed by atoms with Gasteiger partial charge < -0.3 is 10.2 Å². The summed E-state index contributed by atoms with van der Waals surface area (Å²) in [5, 5.41) is 4.90. The van der Waals surface area contributed by atoms with Crippen LogP contribution in [0.2, 0.25) is 0 Å². The van der Waals surface area contributed by atoms with Crippen molar-refractivity contribution in [3.63, 3.8) is 0 Å². The number of rotatable bonds is 6. The highest BCUT2D eigenvalue weighted by Gasteiger charge is 2.24. The Hall–Kier alpha value is -2.18. The van der Waals surface area contributed by atoms with Gasteiger partial charge in [-0.05, 0) is 23.4 Å². The van der Waals surface area contributed by atoms with Crippen LogP contribution >= 0.6 is 11.3 Å². The summed E-state index contributed by atoms with van der Waals surface area (Å²) < 4.78 is 0. The van der Waals surface area contributed by atoms with Gasteiger partial charge in [0.15, 0.2) is 0 Å². The minimum absolute atomic E-state index is 0.105. The second-order valence-electron chi connectivity index (χ2n) is 6.97. The molecule has 6 heteroatoms. The molecule has 1 aliphatic rings. The Balaban J connectivity index is 1.56. The molecule has 0 unspecified atom stereocenters. The molecule has 27 heavy (non-hydrogen) atoms. The van der Waals surface area contributed by atoms with Gasteiger partial charge in [-0.15, -0.1) is 11.3 Å². The number of amides is 2. The van der Waals surface area contributed by atoms with Gasteiger partial charge in [-0.1, -0.05) is 36.4 Å². The van der Waals surface area contributed by atoms with Crippen LogP contribution in [-0.2, 0) is 16.1 Å². The molecule has 1 aromatic heterocycles. The van der Waals surface area contributed by atoms with Crippen LogP contribution < -0.4 is 5.32 Å². The van der Waals surface area contributed by atoms with E-state index < -0.39 is 0 Å². The molecule has 144 valence electrons. The zero-order valence-electron chi connectivity index (χ0n) is 15.8. The summed E-state index contributed by atoms with van der Waals surface area (Å²) in [7, 11) is 0. The molecule has 0 bridgehead atoms. The predicted molar refractivity (Wildman–Crippen MR) is 108 cm³/mol. The van der Waals surface area contributed by atoms with E-state index in [1.54, 1.807) is 11.3 Å². The molecule has 1 N–H and O–H groups in total. The van der Waals surface area contributed by atoms with E-state index in [2.05, 4.69) is 34.5 Å². The lowest BCUT2D eigenvalue weighted by Gasteiger charge is -2.24. The average molecular weight is 386 g/mol. The lowest BCUT2D eigenvalue weighted by Crippen LogP contribution is -2.38. The van der Waals surface area contributed by atoms with E-state index in [0.29, 0.717) is 6.42 Å². The summed E-state index contributed by atoms with van der Waals surface area (Å²) in [6, 6.07) is 14.1. The smallest absolute Gasteiger partial charge is 0.225 e. The summed E-state index contributed by atoms with van der Waals surface area (Å²) in [6.07, 6.45) is 1.29. The van der Waals surface area contributed by atoms with E-state index in [1.807, 2.05) is 28.5 Å². The molecule has 2 heterocycles. The van der Waals surface area contributed by atoms with Crippen LogP contribution in [0, 0.1) is 0 Å². The fourth-order valence-electron chi connectivity index (χ4n) is 3.48. The van der Waals surface area contributed by atoms with Crippen molar-refractivity contribution in [1.82, 2.24) is 15.1 Å². The quantitative estimate of drug-likeness (QED) is 0.832. The number of nitrogens with one attached hydrogen (secondary N) is 1. The monoisotopic (exact) mass is 385 g/mol. The molecule has 1 saturated heterocycles.